The van der Waals surface area contributed by atoms with Crippen molar-refractivity contribution in [2.45, 2.75) is 18.9 Å². The molecule has 0 aliphatic heterocycles. The van der Waals surface area contributed by atoms with Crippen LogP contribution in [0.3, 0.4) is 0 Å². The number of nitrogens with zero attached hydrogens (tertiary/aromatic N) is 2. The van der Waals surface area contributed by atoms with Gasteiger partial charge in [-0.1, -0.05) is 29.5 Å². The van der Waals surface area contributed by atoms with Crippen molar-refractivity contribution in [3.8, 4) is 6.07 Å². The summed E-state index contributed by atoms with van der Waals surface area (Å²) in [4.78, 5) is 16.8. The molecule has 1 N–H and O–H groups in total. The Morgan fingerprint density at radius 1 is 1.19 bits per heavy atom. The van der Waals surface area contributed by atoms with Crippen LogP contribution in [0.25, 0.3) is 10.9 Å². The topological polar surface area (TPSA) is 65.8 Å². The van der Waals surface area contributed by atoms with Crippen LogP contribution in [-0.2, 0) is 4.79 Å². The van der Waals surface area contributed by atoms with E-state index in [0.29, 0.717) is 10.6 Å². The Morgan fingerprint density at radius 3 is 2.65 bits per heavy atom. The fourth-order valence-corrected chi connectivity index (χ4v) is 3.87. The summed E-state index contributed by atoms with van der Waals surface area (Å²) >= 11 is 4.72. The summed E-state index contributed by atoms with van der Waals surface area (Å²) in [6.07, 6.45) is 0. The van der Waals surface area contributed by atoms with Crippen LogP contribution in [0.4, 0.5) is 5.69 Å². The van der Waals surface area contributed by atoms with Gasteiger partial charge in [-0.2, -0.15) is 5.26 Å². The SMILES string of the molecule is Cc1ccc(NC(=O)CSc2nc3ccc(C)cc3cc2C#N)c(Br)c1. The predicted molar refractivity (Wildman–Crippen MR) is 109 cm³/mol. The van der Waals surface area contributed by atoms with Crippen molar-refractivity contribution >= 4 is 50.2 Å². The number of aryl methyl sites for hydroxylation is 2. The quantitative estimate of drug-likeness (QED) is 0.582. The molecule has 4 nitrogen and oxygen atoms in total. The van der Waals surface area contributed by atoms with Gasteiger partial charge in [-0.3, -0.25) is 4.79 Å². The number of nitriles is 1. The van der Waals surface area contributed by atoms with Crippen LogP contribution in [0.5, 0.6) is 0 Å². The van der Waals surface area contributed by atoms with Gasteiger partial charge in [0.15, 0.2) is 0 Å². The molecule has 2 aromatic carbocycles. The van der Waals surface area contributed by atoms with Crippen molar-refractivity contribution in [2.75, 3.05) is 11.1 Å². The molecule has 0 bridgehead atoms. The highest BCUT2D eigenvalue weighted by molar-refractivity contribution is 9.10. The van der Waals surface area contributed by atoms with Gasteiger partial charge in [-0.25, -0.2) is 4.98 Å². The molecule has 0 radical (unpaired) electrons. The van der Waals surface area contributed by atoms with E-state index in [1.807, 2.05) is 56.3 Å². The van der Waals surface area contributed by atoms with E-state index < -0.39 is 0 Å². The summed E-state index contributed by atoms with van der Waals surface area (Å²) in [5, 5.41) is 13.8. The van der Waals surface area contributed by atoms with Gasteiger partial charge < -0.3 is 5.32 Å². The van der Waals surface area contributed by atoms with Crippen LogP contribution >= 0.6 is 27.7 Å². The molecule has 0 fully saturated rings. The summed E-state index contributed by atoms with van der Waals surface area (Å²) in [5.74, 6) is 0.0357. The lowest BCUT2D eigenvalue weighted by Crippen LogP contribution is -2.14. The predicted octanol–water partition coefficient (Wildman–Crippen LogP) is 5.22. The number of anilines is 1. The van der Waals surface area contributed by atoms with Crippen molar-refractivity contribution in [2.24, 2.45) is 0 Å². The first-order chi connectivity index (χ1) is 12.5. The first kappa shape index (κ1) is 18.4. The van der Waals surface area contributed by atoms with E-state index in [2.05, 4.69) is 32.3 Å². The van der Waals surface area contributed by atoms with Crippen LogP contribution in [0, 0.1) is 25.2 Å². The monoisotopic (exact) mass is 425 g/mol. The number of hydrogen-bond donors (Lipinski definition) is 1. The number of carbonyl (C=O) groups excluding carboxylic acids is 1. The maximum atomic E-state index is 12.3. The molecule has 1 heterocycles. The van der Waals surface area contributed by atoms with E-state index in [-0.39, 0.29) is 11.7 Å². The Kier molecular flexibility index (Phi) is 5.60. The van der Waals surface area contributed by atoms with E-state index in [1.165, 1.54) is 11.8 Å². The van der Waals surface area contributed by atoms with Crippen LogP contribution in [-0.4, -0.2) is 16.6 Å². The molecule has 1 amide bonds. The van der Waals surface area contributed by atoms with Gasteiger partial charge in [0, 0.05) is 9.86 Å². The lowest BCUT2D eigenvalue weighted by atomic mass is 10.1. The van der Waals surface area contributed by atoms with Crippen molar-refractivity contribution in [3.63, 3.8) is 0 Å². The number of halogens is 1. The normalized spacial score (nSPS) is 10.5. The second-order valence-electron chi connectivity index (χ2n) is 5.97. The zero-order valence-corrected chi connectivity index (χ0v) is 16.7. The molecule has 3 aromatic rings. The van der Waals surface area contributed by atoms with Gasteiger partial charge in [0.05, 0.1) is 22.5 Å². The molecule has 0 saturated carbocycles. The Balaban J connectivity index is 1.75. The Morgan fingerprint density at radius 2 is 1.92 bits per heavy atom. The highest BCUT2D eigenvalue weighted by atomic mass is 79.9. The lowest BCUT2D eigenvalue weighted by Gasteiger charge is -2.09. The molecule has 0 spiro atoms. The summed E-state index contributed by atoms with van der Waals surface area (Å²) < 4.78 is 0.841. The zero-order valence-electron chi connectivity index (χ0n) is 14.3. The zero-order chi connectivity index (χ0) is 18.7. The first-order valence-corrected chi connectivity index (χ1v) is 9.74. The van der Waals surface area contributed by atoms with E-state index in [1.54, 1.807) is 0 Å². The molecular formula is C20H16BrN3OS. The Bertz CT molecular complexity index is 1040. The molecule has 6 heteroatoms. The van der Waals surface area contributed by atoms with Crippen molar-refractivity contribution in [3.05, 3.63) is 63.6 Å². The minimum Gasteiger partial charge on any atom is -0.324 e. The van der Waals surface area contributed by atoms with Crippen LogP contribution in [0.2, 0.25) is 0 Å². The van der Waals surface area contributed by atoms with Crippen LogP contribution < -0.4 is 5.32 Å². The smallest absolute Gasteiger partial charge is 0.234 e. The second-order valence-corrected chi connectivity index (χ2v) is 7.79. The number of hydrogen-bond acceptors (Lipinski definition) is 4. The van der Waals surface area contributed by atoms with Crippen LogP contribution in [0.1, 0.15) is 16.7 Å². The van der Waals surface area contributed by atoms with Gasteiger partial charge in [-0.15, -0.1) is 0 Å². The number of nitrogens with one attached hydrogen (secondary N) is 1. The molecule has 0 unspecified atom stereocenters. The summed E-state index contributed by atoms with van der Waals surface area (Å²) in [5.41, 5.74) is 4.25. The molecule has 0 atom stereocenters. The highest BCUT2D eigenvalue weighted by Crippen LogP contribution is 2.27. The molecule has 0 aliphatic rings. The number of thioether (sulfide) groups is 1. The average molecular weight is 426 g/mol. The molecule has 0 aliphatic carbocycles. The molecule has 3 rings (SSSR count). The van der Waals surface area contributed by atoms with Gasteiger partial charge >= 0.3 is 0 Å². The maximum Gasteiger partial charge on any atom is 0.234 e. The number of aromatic nitrogens is 1. The van der Waals surface area contributed by atoms with Gasteiger partial charge in [-0.05, 0) is 65.7 Å². The average Bonchev–Trinajstić information content (AvgIpc) is 2.61. The third kappa shape index (κ3) is 4.24. The Hall–Kier alpha value is -2.36. The van der Waals surface area contributed by atoms with Gasteiger partial charge in [0.25, 0.3) is 0 Å². The van der Waals surface area contributed by atoms with Crippen molar-refractivity contribution < 1.29 is 4.79 Å². The Labute approximate surface area is 164 Å². The van der Waals surface area contributed by atoms with E-state index in [4.69, 9.17) is 0 Å². The number of rotatable bonds is 4. The minimum absolute atomic E-state index is 0.144. The van der Waals surface area contributed by atoms with Gasteiger partial charge in [0.2, 0.25) is 5.91 Å². The first-order valence-electron chi connectivity index (χ1n) is 7.96. The highest BCUT2D eigenvalue weighted by Gasteiger charge is 2.11. The molecular weight excluding hydrogens is 410 g/mol. The minimum atomic E-state index is -0.144. The lowest BCUT2D eigenvalue weighted by molar-refractivity contribution is -0.113. The molecule has 26 heavy (non-hydrogen) atoms. The number of carbonyl (C=O) groups is 1. The number of fused-ring (bicyclic) bond motifs is 1. The summed E-state index contributed by atoms with van der Waals surface area (Å²) in [6, 6.07) is 15.7. The largest absolute Gasteiger partial charge is 0.324 e. The van der Waals surface area contributed by atoms with E-state index >= 15 is 0 Å². The van der Waals surface area contributed by atoms with Crippen molar-refractivity contribution in [1.29, 1.82) is 5.26 Å². The molecule has 130 valence electrons. The third-order valence-corrected chi connectivity index (χ3v) is 5.44. The fourth-order valence-electron chi connectivity index (χ4n) is 2.51. The molecule has 0 saturated heterocycles. The number of benzene rings is 2. The van der Waals surface area contributed by atoms with E-state index in [0.717, 1.165) is 32.2 Å². The second kappa shape index (κ2) is 7.90. The molecule has 1 aromatic heterocycles. The fraction of sp³-hybridized carbons (Fsp3) is 0.150. The number of pyridine rings is 1. The maximum absolute atomic E-state index is 12.3. The van der Waals surface area contributed by atoms with Gasteiger partial charge in [0.1, 0.15) is 11.1 Å². The number of amides is 1. The third-order valence-electron chi connectivity index (χ3n) is 3.79. The van der Waals surface area contributed by atoms with E-state index in [9.17, 15) is 10.1 Å². The summed E-state index contributed by atoms with van der Waals surface area (Å²) in [7, 11) is 0. The van der Waals surface area contributed by atoms with Crippen molar-refractivity contribution in [1.82, 2.24) is 4.98 Å². The summed E-state index contributed by atoms with van der Waals surface area (Å²) in [6.45, 7) is 3.99. The standard InChI is InChI=1S/C20H16BrN3OS/c1-12-3-5-17-14(7-12)9-15(10-22)20(24-17)26-11-19(25)23-18-6-4-13(2)8-16(18)21/h3-9H,11H2,1-2H3,(H,23,25). The van der Waals surface area contributed by atoms with Crippen LogP contribution in [0.15, 0.2) is 52.0 Å².